The van der Waals surface area contributed by atoms with Crippen LogP contribution in [0.3, 0.4) is 0 Å². The van der Waals surface area contributed by atoms with Crippen LogP contribution in [0.4, 0.5) is 4.39 Å². The number of rotatable bonds is 6. The van der Waals surface area contributed by atoms with E-state index in [9.17, 15) is 9.18 Å². The molecular formula is C18H22FN3OS. The Labute approximate surface area is 145 Å². The van der Waals surface area contributed by atoms with E-state index in [2.05, 4.69) is 9.88 Å². The third-order valence-electron chi connectivity index (χ3n) is 4.49. The Morgan fingerprint density at radius 1 is 1.33 bits per heavy atom. The summed E-state index contributed by atoms with van der Waals surface area (Å²) in [5.41, 5.74) is 2.72. The van der Waals surface area contributed by atoms with Crippen LogP contribution in [0.2, 0.25) is 0 Å². The highest BCUT2D eigenvalue weighted by Gasteiger charge is 2.23. The van der Waals surface area contributed by atoms with Gasteiger partial charge in [-0.1, -0.05) is 25.6 Å². The summed E-state index contributed by atoms with van der Waals surface area (Å²) in [6, 6.07) is 6.37. The summed E-state index contributed by atoms with van der Waals surface area (Å²) in [5, 5.41) is 4.03. The number of hydrogen-bond donors (Lipinski definition) is 1. The Morgan fingerprint density at radius 2 is 2.04 bits per heavy atom. The number of thioether (sulfide) groups is 1. The van der Waals surface area contributed by atoms with E-state index in [0.717, 1.165) is 47.2 Å². The molecule has 0 spiro atoms. The average Bonchev–Trinajstić information content (AvgIpc) is 3.16. The first-order chi connectivity index (χ1) is 11.6. The fourth-order valence-electron chi connectivity index (χ4n) is 3.03. The summed E-state index contributed by atoms with van der Waals surface area (Å²) in [4.78, 5) is 17.0. The van der Waals surface area contributed by atoms with Gasteiger partial charge in [0.15, 0.2) is 5.16 Å². The molecule has 0 saturated carbocycles. The van der Waals surface area contributed by atoms with Crippen LogP contribution in [0.5, 0.6) is 0 Å². The number of amides is 1. The van der Waals surface area contributed by atoms with Gasteiger partial charge in [-0.2, -0.15) is 0 Å². The largest absolute Gasteiger partial charge is 0.350 e. The van der Waals surface area contributed by atoms with E-state index in [1.165, 1.54) is 12.1 Å². The van der Waals surface area contributed by atoms with Gasteiger partial charge in [-0.25, -0.2) is 9.37 Å². The predicted molar refractivity (Wildman–Crippen MR) is 94.3 cm³/mol. The number of hydrogen-bond acceptors (Lipinski definition) is 3. The van der Waals surface area contributed by atoms with Crippen molar-refractivity contribution in [1.29, 1.82) is 0 Å². The quantitative estimate of drug-likeness (QED) is 0.863. The lowest BCUT2D eigenvalue weighted by molar-refractivity contribution is -0.125. The number of benzene rings is 1. The van der Waals surface area contributed by atoms with E-state index >= 15 is 0 Å². The summed E-state index contributed by atoms with van der Waals surface area (Å²) in [6.07, 6.45) is 1.68. The highest BCUT2D eigenvalue weighted by atomic mass is 32.2. The second-order valence-electron chi connectivity index (χ2n) is 5.93. The van der Waals surface area contributed by atoms with Crippen LogP contribution in [0, 0.1) is 11.7 Å². The van der Waals surface area contributed by atoms with Crippen molar-refractivity contribution in [2.75, 3.05) is 5.75 Å². The zero-order valence-electron chi connectivity index (χ0n) is 14.0. The Kier molecular flexibility index (Phi) is 5.23. The molecule has 1 amide bonds. The van der Waals surface area contributed by atoms with Crippen LogP contribution in [0.1, 0.15) is 32.4 Å². The molecule has 0 saturated heterocycles. The van der Waals surface area contributed by atoms with Gasteiger partial charge in [0, 0.05) is 23.8 Å². The number of nitrogens with zero attached hydrogens (tertiary/aromatic N) is 2. The average molecular weight is 347 g/mol. The summed E-state index contributed by atoms with van der Waals surface area (Å²) < 4.78 is 15.4. The molecule has 1 aromatic carbocycles. The topological polar surface area (TPSA) is 46.9 Å². The molecule has 128 valence electrons. The van der Waals surface area contributed by atoms with E-state index < -0.39 is 0 Å². The smallest absolute Gasteiger partial charge is 0.223 e. The van der Waals surface area contributed by atoms with Crippen molar-refractivity contribution in [3.05, 3.63) is 35.8 Å². The van der Waals surface area contributed by atoms with E-state index in [1.54, 1.807) is 23.9 Å². The number of halogens is 1. The number of carbonyl (C=O) groups excluding carboxylic acids is 1. The van der Waals surface area contributed by atoms with Crippen molar-refractivity contribution < 1.29 is 9.18 Å². The first-order valence-electron chi connectivity index (χ1n) is 8.39. The summed E-state index contributed by atoms with van der Waals surface area (Å²) in [7, 11) is 0. The third-order valence-corrected chi connectivity index (χ3v) is 5.44. The maximum atomic E-state index is 13.2. The van der Waals surface area contributed by atoms with Gasteiger partial charge >= 0.3 is 0 Å². The fourth-order valence-corrected chi connectivity index (χ4v) is 4.00. The number of aromatic nitrogens is 2. The zero-order valence-corrected chi connectivity index (χ0v) is 14.8. The molecule has 1 aliphatic rings. The van der Waals surface area contributed by atoms with Gasteiger partial charge in [-0.05, 0) is 37.1 Å². The highest BCUT2D eigenvalue weighted by molar-refractivity contribution is 7.99. The molecule has 0 radical (unpaired) electrons. The molecule has 0 bridgehead atoms. The first-order valence-corrected chi connectivity index (χ1v) is 9.38. The molecule has 1 N–H and O–H groups in total. The van der Waals surface area contributed by atoms with Crippen molar-refractivity contribution in [3.63, 3.8) is 0 Å². The molecule has 6 heteroatoms. The minimum absolute atomic E-state index is 0.0506. The SMILES string of the molecule is CCC(CC)C(=O)NCc1c(-c2ccc(F)cc2)nc2n1CCS2. The van der Waals surface area contributed by atoms with Crippen molar-refractivity contribution in [3.8, 4) is 11.3 Å². The standard InChI is InChI=1S/C18H22FN3OS/c1-3-12(4-2)17(23)20-11-15-16(13-5-7-14(19)8-6-13)21-18-22(15)9-10-24-18/h5-8,12H,3-4,9-11H2,1-2H3,(H,20,23). The molecule has 0 unspecified atom stereocenters. The Balaban J connectivity index is 1.86. The molecular weight excluding hydrogens is 325 g/mol. The lowest BCUT2D eigenvalue weighted by Gasteiger charge is -2.14. The Bertz CT molecular complexity index is 723. The fraction of sp³-hybridized carbons (Fsp3) is 0.444. The number of nitrogens with one attached hydrogen (secondary N) is 1. The molecule has 3 rings (SSSR count). The molecule has 2 heterocycles. The van der Waals surface area contributed by atoms with Crippen molar-refractivity contribution >= 4 is 17.7 Å². The monoisotopic (exact) mass is 347 g/mol. The van der Waals surface area contributed by atoms with Gasteiger partial charge in [-0.15, -0.1) is 0 Å². The lowest BCUT2D eigenvalue weighted by atomic mass is 10.0. The lowest BCUT2D eigenvalue weighted by Crippen LogP contribution is -2.30. The predicted octanol–water partition coefficient (Wildman–Crippen LogP) is 3.85. The van der Waals surface area contributed by atoms with E-state index in [1.807, 2.05) is 13.8 Å². The molecule has 24 heavy (non-hydrogen) atoms. The molecule has 4 nitrogen and oxygen atoms in total. The summed E-state index contributed by atoms with van der Waals surface area (Å²) >= 11 is 1.72. The molecule has 1 aromatic heterocycles. The molecule has 2 aromatic rings. The van der Waals surface area contributed by atoms with Gasteiger partial charge in [0.05, 0.1) is 17.9 Å². The molecule has 0 atom stereocenters. The molecule has 0 fully saturated rings. The number of imidazole rings is 1. The second kappa shape index (κ2) is 7.38. The van der Waals surface area contributed by atoms with Gasteiger partial charge in [0.2, 0.25) is 5.91 Å². The summed E-state index contributed by atoms with van der Waals surface area (Å²) in [5.74, 6) is 0.879. The zero-order chi connectivity index (χ0) is 17.1. The second-order valence-corrected chi connectivity index (χ2v) is 6.99. The van der Waals surface area contributed by atoms with Crippen LogP contribution in [0.15, 0.2) is 29.4 Å². The van der Waals surface area contributed by atoms with Crippen LogP contribution < -0.4 is 5.32 Å². The maximum Gasteiger partial charge on any atom is 0.223 e. The van der Waals surface area contributed by atoms with Crippen LogP contribution in [0.25, 0.3) is 11.3 Å². The van der Waals surface area contributed by atoms with Gasteiger partial charge in [-0.3, -0.25) is 4.79 Å². The first kappa shape index (κ1) is 17.0. The minimum Gasteiger partial charge on any atom is -0.350 e. The van der Waals surface area contributed by atoms with Gasteiger partial charge in [0.1, 0.15) is 5.82 Å². The van der Waals surface area contributed by atoms with Crippen molar-refractivity contribution in [1.82, 2.24) is 14.9 Å². The Hall–Kier alpha value is -1.82. The van der Waals surface area contributed by atoms with Crippen molar-refractivity contribution in [2.24, 2.45) is 5.92 Å². The highest BCUT2D eigenvalue weighted by Crippen LogP contribution is 2.33. The van der Waals surface area contributed by atoms with Crippen LogP contribution >= 0.6 is 11.8 Å². The maximum absolute atomic E-state index is 13.2. The van der Waals surface area contributed by atoms with Crippen molar-refractivity contribution in [2.45, 2.75) is 44.9 Å². The minimum atomic E-state index is -0.261. The third kappa shape index (κ3) is 3.34. The molecule has 0 aliphatic carbocycles. The normalized spacial score (nSPS) is 13.3. The van der Waals surface area contributed by atoms with Crippen LogP contribution in [-0.2, 0) is 17.9 Å². The number of carbonyl (C=O) groups is 1. The van der Waals surface area contributed by atoms with E-state index in [-0.39, 0.29) is 17.6 Å². The van der Waals surface area contributed by atoms with Crippen LogP contribution in [-0.4, -0.2) is 21.2 Å². The van der Waals surface area contributed by atoms with Gasteiger partial charge < -0.3 is 9.88 Å². The Morgan fingerprint density at radius 3 is 2.71 bits per heavy atom. The number of fused-ring (bicyclic) bond motifs is 1. The van der Waals surface area contributed by atoms with Gasteiger partial charge in [0.25, 0.3) is 0 Å². The van der Waals surface area contributed by atoms with E-state index in [0.29, 0.717) is 6.54 Å². The van der Waals surface area contributed by atoms with E-state index in [4.69, 9.17) is 4.98 Å². The molecule has 1 aliphatic heterocycles. The summed E-state index contributed by atoms with van der Waals surface area (Å²) in [6.45, 7) is 5.41.